The van der Waals surface area contributed by atoms with E-state index < -0.39 is 54.6 Å². The van der Waals surface area contributed by atoms with Gasteiger partial charge in [0.1, 0.15) is 30.2 Å². The summed E-state index contributed by atoms with van der Waals surface area (Å²) in [5.41, 5.74) is 11.2. The monoisotopic (exact) mass is 594 g/mol. The maximum absolute atomic E-state index is 11.8. The molecule has 1 aliphatic heterocycles. The molecule has 3 heterocycles. The number of ether oxygens (including phenoxy) is 1. The van der Waals surface area contributed by atoms with Crippen LogP contribution in [0.4, 0.5) is 5.82 Å². The quantitative estimate of drug-likeness (QED) is 0.120. The van der Waals surface area contributed by atoms with E-state index in [0.717, 1.165) is 12.9 Å². The molecule has 2 unspecified atom stereocenters. The highest BCUT2D eigenvalue weighted by Gasteiger charge is 2.47. The van der Waals surface area contributed by atoms with E-state index in [1.54, 1.807) is 0 Å². The molecule has 3 rings (SSSR count). The minimum absolute atomic E-state index is 0.0426. The zero-order valence-corrected chi connectivity index (χ0v) is 22.0. The van der Waals surface area contributed by atoms with Crippen molar-refractivity contribution in [3.63, 3.8) is 0 Å². The zero-order chi connectivity index (χ0) is 28.0. The predicted molar refractivity (Wildman–Crippen MR) is 124 cm³/mol. The molecule has 2 aromatic rings. The van der Waals surface area contributed by atoms with Gasteiger partial charge in [0, 0.05) is 0 Å². The molecule has 10 N–H and O–H groups in total. The lowest BCUT2D eigenvalue weighted by atomic mass is 10.1. The molecule has 0 aliphatic carbocycles. The molecule has 212 valence electrons. The third kappa shape index (κ3) is 9.38. The normalized spacial score (nSPS) is 25.3. The van der Waals surface area contributed by atoms with Crippen LogP contribution in [0.3, 0.4) is 0 Å². The number of phosphoric ester groups is 1. The van der Waals surface area contributed by atoms with E-state index >= 15 is 0 Å². The van der Waals surface area contributed by atoms with Gasteiger partial charge in [0.25, 0.3) is 0 Å². The molecule has 0 aromatic carbocycles. The third-order valence-electron chi connectivity index (χ3n) is 4.62. The molecule has 1 fully saturated rings. The number of nitrogens with two attached hydrogens (primary N) is 2. The number of nitrogen functional groups attached to an aromatic ring is 1. The summed E-state index contributed by atoms with van der Waals surface area (Å²) in [6.07, 6.45) is 0.0634. The van der Waals surface area contributed by atoms with E-state index in [1.165, 1.54) is 30.2 Å². The fourth-order valence-corrected chi connectivity index (χ4v) is 6.05. The average Bonchev–Trinajstić information content (AvgIpc) is 3.31. The number of imidazole rings is 1. The lowest BCUT2D eigenvalue weighted by Crippen LogP contribution is -2.33. The van der Waals surface area contributed by atoms with Crippen molar-refractivity contribution in [2.24, 2.45) is 5.73 Å². The number of nitrogens with zero attached hydrogens (tertiary/aromatic N) is 4. The van der Waals surface area contributed by atoms with Gasteiger partial charge in [0.05, 0.1) is 12.9 Å². The van der Waals surface area contributed by atoms with Crippen LogP contribution in [0.15, 0.2) is 12.7 Å². The highest BCUT2D eigenvalue weighted by atomic mass is 31.3. The van der Waals surface area contributed by atoms with Gasteiger partial charge in [-0.3, -0.25) is 9.09 Å². The summed E-state index contributed by atoms with van der Waals surface area (Å²) < 4.78 is 51.9. The van der Waals surface area contributed by atoms with Crippen molar-refractivity contribution in [3.05, 3.63) is 12.7 Å². The molecule has 0 bridgehead atoms. The van der Waals surface area contributed by atoms with E-state index in [-0.39, 0.29) is 17.0 Å². The van der Waals surface area contributed by atoms with E-state index in [0.29, 0.717) is 0 Å². The summed E-state index contributed by atoms with van der Waals surface area (Å²) in [4.78, 5) is 47.2. The summed E-state index contributed by atoms with van der Waals surface area (Å²) in [5, 5.41) is 20.4. The molecule has 2 aromatic heterocycles. The summed E-state index contributed by atoms with van der Waals surface area (Å²) in [6.45, 7) is 2.08. The van der Waals surface area contributed by atoms with Crippen molar-refractivity contribution in [1.82, 2.24) is 19.5 Å². The predicted octanol–water partition coefficient (Wildman–Crippen LogP) is -0.494. The van der Waals surface area contributed by atoms with Crippen LogP contribution in [0.5, 0.6) is 0 Å². The number of aliphatic hydroxyl groups excluding tert-OH is 2. The number of hydrogen-bond donors (Lipinski definition) is 8. The average molecular weight is 594 g/mol. The van der Waals surface area contributed by atoms with E-state index in [9.17, 15) is 28.8 Å². The van der Waals surface area contributed by atoms with Gasteiger partial charge < -0.3 is 46.0 Å². The Morgan fingerprint density at radius 1 is 1.03 bits per heavy atom. The van der Waals surface area contributed by atoms with Crippen molar-refractivity contribution >= 4 is 40.4 Å². The maximum Gasteiger partial charge on any atom is 0.490 e. The Kier molecular flexibility index (Phi) is 11.3. The highest BCUT2D eigenvalue weighted by Crippen LogP contribution is 2.66. The molecule has 19 nitrogen and oxygen atoms in total. The van der Waals surface area contributed by atoms with Crippen molar-refractivity contribution in [1.29, 1.82) is 0 Å². The number of anilines is 1. The third-order valence-corrected chi connectivity index (χ3v) is 8.43. The Balaban J connectivity index is 0.000000717. The van der Waals surface area contributed by atoms with E-state index in [2.05, 4.69) is 35.0 Å². The minimum Gasteiger partial charge on any atom is -0.387 e. The summed E-state index contributed by atoms with van der Waals surface area (Å²) >= 11 is 0. The second-order valence-electron chi connectivity index (χ2n) is 7.51. The lowest BCUT2D eigenvalue weighted by molar-refractivity contribution is -0.0503. The maximum atomic E-state index is 11.8. The van der Waals surface area contributed by atoms with Gasteiger partial charge >= 0.3 is 23.5 Å². The molecule has 0 spiro atoms. The van der Waals surface area contributed by atoms with Crippen LogP contribution in [0.1, 0.15) is 32.4 Å². The van der Waals surface area contributed by atoms with Crippen LogP contribution in [0.2, 0.25) is 0 Å². The summed E-state index contributed by atoms with van der Waals surface area (Å²) in [6, 6.07) is 0. The van der Waals surface area contributed by atoms with Gasteiger partial charge in [0.2, 0.25) is 0 Å². The van der Waals surface area contributed by atoms with Gasteiger partial charge in [-0.2, -0.15) is 8.62 Å². The van der Waals surface area contributed by atoms with Gasteiger partial charge in [0.15, 0.2) is 17.7 Å². The van der Waals surface area contributed by atoms with Crippen LogP contribution in [0, 0.1) is 0 Å². The number of unbranched alkanes of at least 4 members (excludes halogenated alkanes) is 2. The number of aromatic nitrogens is 4. The number of hydrogen-bond acceptors (Lipinski definition) is 14. The highest BCUT2D eigenvalue weighted by molar-refractivity contribution is 7.66. The minimum atomic E-state index is -5.70. The number of aliphatic hydroxyl groups is 2. The van der Waals surface area contributed by atoms with Crippen molar-refractivity contribution in [2.75, 3.05) is 18.9 Å². The molecular weight excluding hydrogens is 565 g/mol. The smallest absolute Gasteiger partial charge is 0.387 e. The summed E-state index contributed by atoms with van der Waals surface area (Å²) in [7, 11) is -16.7. The Labute approximate surface area is 209 Å². The fourth-order valence-electron chi connectivity index (χ4n) is 3.02. The van der Waals surface area contributed by atoms with Crippen molar-refractivity contribution in [3.8, 4) is 0 Å². The lowest BCUT2D eigenvalue weighted by Gasteiger charge is -2.19. The number of rotatable bonds is 11. The van der Waals surface area contributed by atoms with Gasteiger partial charge in [-0.15, -0.1) is 0 Å². The van der Waals surface area contributed by atoms with Crippen LogP contribution in [-0.2, 0) is 31.6 Å². The molecule has 6 atom stereocenters. The topological polar surface area (TPSA) is 305 Å². The second-order valence-corrected chi connectivity index (χ2v) is 11.9. The Morgan fingerprint density at radius 3 is 2.27 bits per heavy atom. The molecule has 22 heteroatoms. The van der Waals surface area contributed by atoms with E-state index in [4.69, 9.17) is 30.9 Å². The molecule has 1 aliphatic rings. The molecule has 37 heavy (non-hydrogen) atoms. The van der Waals surface area contributed by atoms with Gasteiger partial charge in [-0.05, 0) is 13.0 Å². The Hall–Kier alpha value is -1.40. The van der Waals surface area contributed by atoms with Crippen LogP contribution in [-0.4, -0.2) is 80.8 Å². The van der Waals surface area contributed by atoms with Crippen molar-refractivity contribution in [2.45, 2.75) is 50.7 Å². The van der Waals surface area contributed by atoms with Gasteiger partial charge in [-0.25, -0.2) is 28.6 Å². The zero-order valence-electron chi connectivity index (χ0n) is 19.3. The molecule has 1 saturated heterocycles. The van der Waals surface area contributed by atoms with Crippen LogP contribution >= 0.6 is 23.5 Å². The van der Waals surface area contributed by atoms with E-state index in [1.807, 2.05) is 0 Å². The number of phosphoric acid groups is 3. The first-order valence-electron chi connectivity index (χ1n) is 10.5. The second kappa shape index (κ2) is 13.1. The number of fused-ring (bicyclic) bond motifs is 1. The molecule has 0 radical (unpaired) electrons. The fraction of sp³-hybridized carbons (Fsp3) is 0.667. The standard InChI is InChI=1S/C10H16N5O13P3.C5H13N/c11-8-5-9(13-2-12-8)15(3-14-5)10-7(17)6(16)4(26-10)1-25-30(21,22)28-31(23,24)27-29(18,19)20;1-2-3-4-5-6/h2-4,6-7,10,16-17H,1H2,(H,21,22)(H,23,24)(H2,11,12,13)(H2,18,19,20);2-6H2,1H3/t4-,6-,7-,10-;/m1./s1. The summed E-state index contributed by atoms with van der Waals surface area (Å²) in [5.74, 6) is 0.0426. The Morgan fingerprint density at radius 2 is 1.70 bits per heavy atom. The van der Waals surface area contributed by atoms with Gasteiger partial charge in [-0.1, -0.05) is 19.8 Å². The van der Waals surface area contributed by atoms with Crippen LogP contribution in [0.25, 0.3) is 11.2 Å². The SMILES string of the molecule is CCCCCN.Nc1ncnc2c1ncn2[C@@H]1O[C@H](COP(=O)(O)OP(=O)(O)OP(=O)(O)O)[C@@H](O)[C@H]1O. The van der Waals surface area contributed by atoms with Crippen molar-refractivity contribution < 1.29 is 61.4 Å². The molecular formula is C15H29N6O13P3. The first-order valence-corrected chi connectivity index (χ1v) is 15.1. The molecule has 0 amide bonds. The largest absolute Gasteiger partial charge is 0.490 e. The van der Waals surface area contributed by atoms with Crippen LogP contribution < -0.4 is 11.5 Å². The first kappa shape index (κ1) is 31.8. The molecule has 0 saturated carbocycles. The Bertz CT molecular complexity index is 1170. The first-order chi connectivity index (χ1) is 17.1.